The van der Waals surface area contributed by atoms with Gasteiger partial charge in [0.2, 0.25) is 0 Å². The van der Waals surface area contributed by atoms with Crippen LogP contribution in [-0.4, -0.2) is 42.5 Å². The lowest BCUT2D eigenvalue weighted by Gasteiger charge is -2.33. The third kappa shape index (κ3) is 0.993. The molecule has 1 saturated carbocycles. The summed E-state index contributed by atoms with van der Waals surface area (Å²) in [7, 11) is 3.81. The van der Waals surface area contributed by atoms with Crippen LogP contribution < -0.4 is 0 Å². The van der Waals surface area contributed by atoms with Gasteiger partial charge < -0.3 is 9.80 Å². The number of likely N-dealkylation sites (N-methyl/N-ethyl adjacent to an activating group) is 2. The Labute approximate surface area is 73.3 Å². The number of hydrogen-bond donors (Lipinski definition) is 0. The minimum Gasteiger partial charge on any atom is -0.326 e. The molecular formula is C9H16N2O. The normalized spacial score (nSPS) is 31.2. The molecule has 0 spiro atoms. The Balaban J connectivity index is 2.03. The third-order valence-electron chi connectivity index (χ3n) is 3.28. The molecule has 1 unspecified atom stereocenters. The molecule has 3 heteroatoms. The van der Waals surface area contributed by atoms with Gasteiger partial charge in [0.05, 0.1) is 6.04 Å². The largest absolute Gasteiger partial charge is 0.326 e. The molecule has 2 fully saturated rings. The maximum Gasteiger partial charge on any atom is 0.319 e. The van der Waals surface area contributed by atoms with Crippen molar-refractivity contribution in [3.63, 3.8) is 0 Å². The lowest BCUT2D eigenvalue weighted by atomic mass is 9.79. The Kier molecular flexibility index (Phi) is 1.74. The maximum absolute atomic E-state index is 11.4. The van der Waals surface area contributed by atoms with Gasteiger partial charge in [0.15, 0.2) is 0 Å². The van der Waals surface area contributed by atoms with Gasteiger partial charge in [0.1, 0.15) is 0 Å². The molecule has 0 N–H and O–H groups in total. The van der Waals surface area contributed by atoms with Crippen molar-refractivity contribution in [3.05, 3.63) is 0 Å². The molecule has 2 aliphatic rings. The predicted molar refractivity (Wildman–Crippen MR) is 46.9 cm³/mol. The summed E-state index contributed by atoms with van der Waals surface area (Å²) in [6, 6.07) is 0.683. The Morgan fingerprint density at radius 1 is 1.33 bits per heavy atom. The smallest absolute Gasteiger partial charge is 0.319 e. The minimum absolute atomic E-state index is 0.187. The molecule has 0 bridgehead atoms. The van der Waals surface area contributed by atoms with Crippen molar-refractivity contribution in [2.75, 3.05) is 20.6 Å². The van der Waals surface area contributed by atoms with Crippen LogP contribution in [0.2, 0.25) is 0 Å². The second kappa shape index (κ2) is 2.64. The summed E-state index contributed by atoms with van der Waals surface area (Å²) in [4.78, 5) is 15.1. The van der Waals surface area contributed by atoms with Crippen molar-refractivity contribution in [1.82, 2.24) is 9.80 Å². The molecular weight excluding hydrogens is 152 g/mol. The first-order valence-corrected chi connectivity index (χ1v) is 4.68. The predicted octanol–water partition coefficient (Wildman–Crippen LogP) is 1.15. The summed E-state index contributed by atoms with van der Waals surface area (Å²) in [5.41, 5.74) is 0. The fourth-order valence-electron chi connectivity index (χ4n) is 2.18. The van der Waals surface area contributed by atoms with E-state index in [4.69, 9.17) is 0 Å². The SMILES string of the molecule is CN1CC(C2CCC2)N(C)C1=O. The fraction of sp³-hybridized carbons (Fsp3) is 0.889. The van der Waals surface area contributed by atoms with Crippen molar-refractivity contribution in [2.24, 2.45) is 5.92 Å². The van der Waals surface area contributed by atoms with Crippen molar-refractivity contribution in [1.29, 1.82) is 0 Å². The highest BCUT2D eigenvalue weighted by Gasteiger charge is 2.39. The van der Waals surface area contributed by atoms with Gasteiger partial charge in [-0.2, -0.15) is 0 Å². The Hall–Kier alpha value is -0.730. The number of amides is 2. The zero-order valence-corrected chi connectivity index (χ0v) is 7.79. The van der Waals surface area contributed by atoms with Gasteiger partial charge in [-0.25, -0.2) is 4.79 Å². The first-order valence-electron chi connectivity index (χ1n) is 4.68. The van der Waals surface area contributed by atoms with Crippen LogP contribution in [0.5, 0.6) is 0 Å². The van der Waals surface area contributed by atoms with Crippen molar-refractivity contribution in [3.8, 4) is 0 Å². The highest BCUT2D eigenvalue weighted by Crippen LogP contribution is 2.34. The van der Waals surface area contributed by atoms with Crippen molar-refractivity contribution >= 4 is 6.03 Å². The van der Waals surface area contributed by atoms with Gasteiger partial charge in [-0.1, -0.05) is 6.42 Å². The van der Waals surface area contributed by atoms with E-state index in [1.165, 1.54) is 19.3 Å². The number of carbonyl (C=O) groups excluding carboxylic acids is 1. The van der Waals surface area contributed by atoms with Crippen LogP contribution in [0.15, 0.2) is 0 Å². The van der Waals surface area contributed by atoms with E-state index in [1.807, 2.05) is 23.9 Å². The lowest BCUT2D eigenvalue weighted by Crippen LogP contribution is -2.39. The molecule has 2 rings (SSSR count). The molecule has 12 heavy (non-hydrogen) atoms. The minimum atomic E-state index is 0.187. The van der Waals surface area contributed by atoms with Gasteiger partial charge >= 0.3 is 6.03 Å². The molecule has 2 amide bonds. The summed E-state index contributed by atoms with van der Waals surface area (Å²) in [6.45, 7) is 0.931. The standard InChI is InChI=1S/C9H16N2O/c1-10-6-8(7-4-3-5-7)11(2)9(10)12/h7-8H,3-6H2,1-2H3. The Morgan fingerprint density at radius 3 is 2.33 bits per heavy atom. The zero-order valence-electron chi connectivity index (χ0n) is 7.79. The van der Waals surface area contributed by atoms with E-state index in [-0.39, 0.29) is 6.03 Å². The fourth-order valence-corrected chi connectivity index (χ4v) is 2.18. The monoisotopic (exact) mass is 168 g/mol. The van der Waals surface area contributed by atoms with Crippen LogP contribution in [0.3, 0.4) is 0 Å². The molecule has 0 aromatic heterocycles. The van der Waals surface area contributed by atoms with Gasteiger partial charge in [0, 0.05) is 20.6 Å². The average Bonchev–Trinajstić information content (AvgIpc) is 2.15. The number of nitrogens with zero attached hydrogens (tertiary/aromatic N) is 2. The topological polar surface area (TPSA) is 23.6 Å². The summed E-state index contributed by atoms with van der Waals surface area (Å²) in [5, 5.41) is 0. The molecule has 68 valence electrons. The van der Waals surface area contributed by atoms with E-state index in [0.29, 0.717) is 6.04 Å². The summed E-state index contributed by atoms with van der Waals surface area (Å²) in [6.07, 6.45) is 3.99. The van der Waals surface area contributed by atoms with Crippen LogP contribution >= 0.6 is 0 Å². The Morgan fingerprint density at radius 2 is 2.00 bits per heavy atom. The van der Waals surface area contributed by atoms with Crippen LogP contribution in [0, 0.1) is 5.92 Å². The van der Waals surface area contributed by atoms with E-state index in [2.05, 4.69) is 0 Å². The molecule has 0 aromatic carbocycles. The molecule has 1 heterocycles. The second-order valence-corrected chi connectivity index (χ2v) is 4.03. The van der Waals surface area contributed by atoms with E-state index >= 15 is 0 Å². The summed E-state index contributed by atoms with van der Waals surface area (Å²) >= 11 is 0. The lowest BCUT2D eigenvalue weighted by molar-refractivity contribution is 0.164. The number of carbonyl (C=O) groups is 1. The van der Waals surface area contributed by atoms with Gasteiger partial charge in [-0.3, -0.25) is 0 Å². The molecule has 1 saturated heterocycles. The number of urea groups is 1. The average molecular weight is 168 g/mol. The number of rotatable bonds is 1. The maximum atomic E-state index is 11.4. The third-order valence-corrected chi connectivity index (χ3v) is 3.28. The second-order valence-electron chi connectivity index (χ2n) is 4.03. The summed E-state index contributed by atoms with van der Waals surface area (Å²) < 4.78 is 0. The molecule has 1 aliphatic heterocycles. The highest BCUT2D eigenvalue weighted by atomic mass is 16.2. The van der Waals surface area contributed by atoms with Crippen LogP contribution in [0.4, 0.5) is 4.79 Å². The summed E-state index contributed by atoms with van der Waals surface area (Å²) in [5.74, 6) is 0.781. The number of hydrogen-bond acceptors (Lipinski definition) is 1. The first-order chi connectivity index (χ1) is 5.70. The van der Waals surface area contributed by atoms with Crippen LogP contribution in [-0.2, 0) is 0 Å². The molecule has 0 radical (unpaired) electrons. The molecule has 1 atom stereocenters. The van der Waals surface area contributed by atoms with E-state index in [0.717, 1.165) is 12.5 Å². The van der Waals surface area contributed by atoms with Crippen molar-refractivity contribution in [2.45, 2.75) is 25.3 Å². The Bertz CT molecular complexity index is 201. The van der Waals surface area contributed by atoms with E-state index in [1.54, 1.807) is 0 Å². The molecule has 3 nitrogen and oxygen atoms in total. The quantitative estimate of drug-likeness (QED) is 0.576. The molecule has 1 aliphatic carbocycles. The molecule has 0 aromatic rings. The van der Waals surface area contributed by atoms with Gasteiger partial charge in [-0.05, 0) is 18.8 Å². The van der Waals surface area contributed by atoms with Gasteiger partial charge in [0.25, 0.3) is 0 Å². The highest BCUT2D eigenvalue weighted by molar-refractivity contribution is 5.76. The van der Waals surface area contributed by atoms with E-state index < -0.39 is 0 Å². The van der Waals surface area contributed by atoms with E-state index in [9.17, 15) is 4.79 Å². The zero-order chi connectivity index (χ0) is 8.72. The first kappa shape index (κ1) is 7.90. The van der Waals surface area contributed by atoms with Crippen LogP contribution in [0.25, 0.3) is 0 Å². The van der Waals surface area contributed by atoms with Crippen LogP contribution in [0.1, 0.15) is 19.3 Å². The van der Waals surface area contributed by atoms with Gasteiger partial charge in [-0.15, -0.1) is 0 Å². The van der Waals surface area contributed by atoms with Crippen molar-refractivity contribution < 1.29 is 4.79 Å².